The molecule has 12 rings (SSSR count). The molecule has 0 amide bonds. The minimum absolute atomic E-state index is 0.00245. The maximum atomic E-state index is 6.85. The Bertz CT molecular complexity index is 3910. The number of ether oxygens (including phenoxy) is 1. The molecule has 7 heteroatoms. The second-order valence-electron chi connectivity index (χ2n) is 19.4. The van der Waals surface area contributed by atoms with E-state index in [-0.39, 0.29) is 10.8 Å². The number of rotatable bonds is 5. The Morgan fingerprint density at radius 2 is 1.05 bits per heavy atom. The Morgan fingerprint density at radius 3 is 1.77 bits per heavy atom. The number of pyridine rings is 1. The molecule has 0 bridgehead atoms. The third-order valence-corrected chi connectivity index (χ3v) is 14.2. The van der Waals surface area contributed by atoms with Gasteiger partial charge in [0.25, 0.3) is 0 Å². The van der Waals surface area contributed by atoms with Crippen LogP contribution in [-0.4, -0.2) is 23.1 Å². The number of hydrogen-bond donors (Lipinski definition) is 0. The summed E-state index contributed by atoms with van der Waals surface area (Å²) in [6, 6.07) is 55.2. The van der Waals surface area contributed by atoms with Gasteiger partial charge in [-0.25, -0.2) is 0 Å². The molecule has 0 aliphatic heterocycles. The number of aryl methyl sites for hydroxylation is 1. The van der Waals surface area contributed by atoms with Gasteiger partial charge >= 0.3 is 275 Å². The molecule has 0 saturated heterocycles. The molecule has 316 valence electrons. The molecule has 0 fully saturated rings. The van der Waals surface area contributed by atoms with Crippen molar-refractivity contribution in [1.82, 2.24) is 23.1 Å². The summed E-state index contributed by atoms with van der Waals surface area (Å²) in [5, 5.41) is 7.41. The van der Waals surface area contributed by atoms with Crippen molar-refractivity contribution in [3.63, 3.8) is 0 Å². The summed E-state index contributed by atoms with van der Waals surface area (Å²) >= 11 is 2.50. The average molecular weight is 1010 g/mol. The van der Waals surface area contributed by atoms with Crippen molar-refractivity contribution in [1.29, 1.82) is 0 Å². The van der Waals surface area contributed by atoms with Gasteiger partial charge in [0, 0.05) is 27.7 Å². The van der Waals surface area contributed by atoms with E-state index in [1.807, 2.05) is 12.3 Å². The van der Waals surface area contributed by atoms with Crippen LogP contribution < -0.4 is 4.74 Å². The third kappa shape index (κ3) is 5.88. The molecule has 0 unspecified atom stereocenters. The van der Waals surface area contributed by atoms with Crippen LogP contribution in [0.15, 0.2) is 158 Å². The molecule has 0 aliphatic carbocycles. The molecule has 0 spiro atoms. The van der Waals surface area contributed by atoms with Gasteiger partial charge in [0.15, 0.2) is 0 Å². The van der Waals surface area contributed by atoms with E-state index >= 15 is 0 Å². The summed E-state index contributed by atoms with van der Waals surface area (Å²) in [7, 11) is 0. The van der Waals surface area contributed by atoms with Gasteiger partial charge in [0.05, 0.1) is 16.6 Å². The van der Waals surface area contributed by atoms with Gasteiger partial charge in [0.2, 0.25) is 0 Å². The molecule has 64 heavy (non-hydrogen) atoms. The van der Waals surface area contributed by atoms with Crippen LogP contribution in [0.3, 0.4) is 0 Å². The van der Waals surface area contributed by atoms with Crippen molar-refractivity contribution in [2.75, 3.05) is 0 Å². The van der Waals surface area contributed by atoms with Crippen molar-refractivity contribution in [2.24, 2.45) is 0 Å². The Kier molecular flexibility index (Phi) is 8.43. The topological polar surface area (TPSA) is 41.3 Å². The van der Waals surface area contributed by atoms with E-state index in [1.165, 1.54) is 60.3 Å². The molecular weight excluding hydrogens is 966 g/mol. The SMILES string of the molecule is Cc1ccnc(-n2c3cc(Oc4cccc(-n5[c](=[Pt])n(-c6cc(C(C)(C)C)cc(C(C)(C)C)c6)c6ccccc65)c4)ccc3c3cc4c5cccc6c7ccccc7n(c4cc32)c65)c1. The first-order valence-electron chi connectivity index (χ1n) is 22.0. The normalized spacial score (nSPS) is 12.7. The van der Waals surface area contributed by atoms with E-state index in [1.54, 1.807) is 0 Å². The van der Waals surface area contributed by atoms with Gasteiger partial charge < -0.3 is 4.40 Å². The Labute approximate surface area is 382 Å². The standard InChI is InChI=1S/C57H47N5O.Pt/c1-35-24-25-58-54(26-35)61-51-31-41(22-23-43(51)46-32-47-45-18-13-17-44-42-16-8-9-19-48(42)62(55(44)45)53(47)33-52(46)61)63-40-15-12-14-38(30-40)59-34-60(50-21-11-10-20-49(50)59)39-28-36(56(2,3)4)27-37(29-39)57(5,6)7;/h8-33H,1-7H3;. The van der Waals surface area contributed by atoms with E-state index in [0.717, 1.165) is 59.8 Å². The Hall–Kier alpha value is -6.75. The van der Waals surface area contributed by atoms with Gasteiger partial charge in [-0.3, -0.25) is 0 Å². The zero-order valence-corrected chi connectivity index (χ0v) is 39.2. The first kappa shape index (κ1) is 38.9. The molecular formula is C57H47N5OPt. The van der Waals surface area contributed by atoms with Crippen molar-refractivity contribution in [3.8, 4) is 28.7 Å². The Balaban J connectivity index is 1.01. The molecule has 0 saturated carbocycles. The smallest absolute Gasteiger partial charge is 0.0620 e. The molecule has 7 aromatic carbocycles. The summed E-state index contributed by atoms with van der Waals surface area (Å²) in [6.07, 6.45) is 1.90. The maximum absolute atomic E-state index is 6.85. The van der Waals surface area contributed by atoms with Crippen LogP contribution >= 0.6 is 0 Å². The number of benzene rings is 7. The van der Waals surface area contributed by atoms with Crippen LogP contribution in [-0.2, 0) is 30.2 Å². The minimum Gasteiger partial charge on any atom is 0.0620 e. The van der Waals surface area contributed by atoms with Crippen LogP contribution in [0, 0.1) is 10.7 Å². The summed E-state index contributed by atoms with van der Waals surface area (Å²) in [5.41, 5.74) is 14.1. The van der Waals surface area contributed by atoms with Crippen LogP contribution in [0.2, 0.25) is 0 Å². The minimum atomic E-state index is -0.00245. The zero-order chi connectivity index (χ0) is 43.8. The molecule has 0 aliphatic rings. The molecule has 12 aromatic rings. The Morgan fingerprint density at radius 1 is 0.453 bits per heavy atom. The van der Waals surface area contributed by atoms with Gasteiger partial charge in [0.1, 0.15) is 0 Å². The second kappa shape index (κ2) is 13.9. The number of aromatic nitrogens is 5. The van der Waals surface area contributed by atoms with Crippen LogP contribution in [0.25, 0.3) is 88.1 Å². The fourth-order valence-electron chi connectivity index (χ4n) is 9.90. The molecule has 6 nitrogen and oxygen atoms in total. The summed E-state index contributed by atoms with van der Waals surface area (Å²) in [6.45, 7) is 15.9. The number of hydrogen-bond acceptors (Lipinski definition) is 2. The summed E-state index contributed by atoms with van der Waals surface area (Å²) in [5.74, 6) is 2.40. The van der Waals surface area contributed by atoms with Crippen molar-refractivity contribution < 1.29 is 24.1 Å². The van der Waals surface area contributed by atoms with Crippen LogP contribution in [0.5, 0.6) is 11.5 Å². The van der Waals surface area contributed by atoms with Crippen molar-refractivity contribution in [2.45, 2.75) is 59.3 Å². The van der Waals surface area contributed by atoms with E-state index in [0.29, 0.717) is 0 Å². The van der Waals surface area contributed by atoms with Gasteiger partial charge in [-0.15, -0.1) is 0 Å². The van der Waals surface area contributed by atoms with Gasteiger partial charge in [-0.05, 0) is 24.6 Å². The fourth-order valence-corrected chi connectivity index (χ4v) is 11.0. The van der Waals surface area contributed by atoms with Crippen molar-refractivity contribution in [3.05, 3.63) is 178 Å². The number of para-hydroxylation sites is 4. The first-order valence-corrected chi connectivity index (χ1v) is 23.2. The van der Waals surface area contributed by atoms with E-state index in [4.69, 9.17) is 9.72 Å². The summed E-state index contributed by atoms with van der Waals surface area (Å²) < 4.78 is 17.4. The van der Waals surface area contributed by atoms with Crippen LogP contribution in [0.1, 0.15) is 58.2 Å². The summed E-state index contributed by atoms with van der Waals surface area (Å²) in [4.78, 5) is 4.95. The molecule has 0 atom stereocenters. The van der Waals surface area contributed by atoms with Gasteiger partial charge in [-0.1, -0.05) is 36.4 Å². The van der Waals surface area contributed by atoms with Crippen molar-refractivity contribution >= 4 is 70.9 Å². The average Bonchev–Trinajstić information content (AvgIpc) is 3.98. The van der Waals surface area contributed by atoms with E-state index in [2.05, 4.69) is 232 Å². The molecule has 0 radical (unpaired) electrons. The monoisotopic (exact) mass is 1010 g/mol. The second-order valence-corrected chi connectivity index (χ2v) is 20.4. The molecule has 5 aromatic heterocycles. The molecule has 5 heterocycles. The first-order chi connectivity index (χ1) is 30.8. The predicted octanol–water partition coefficient (Wildman–Crippen LogP) is 14.8. The predicted molar refractivity (Wildman–Crippen MR) is 261 cm³/mol. The third-order valence-electron chi connectivity index (χ3n) is 13.1. The zero-order valence-electron chi connectivity index (χ0n) is 37.0. The van der Waals surface area contributed by atoms with E-state index in [9.17, 15) is 0 Å². The van der Waals surface area contributed by atoms with Gasteiger partial charge in [-0.2, -0.15) is 0 Å². The van der Waals surface area contributed by atoms with Crippen LogP contribution in [0.4, 0.5) is 0 Å². The number of imidazole rings is 1. The molecule has 0 N–H and O–H groups in total. The fraction of sp³-hybridized carbons (Fsp3) is 0.158. The number of nitrogens with zero attached hydrogens (tertiary/aromatic N) is 5. The number of fused-ring (bicyclic) bond motifs is 10. The quantitative estimate of drug-likeness (QED) is 0.172. The van der Waals surface area contributed by atoms with E-state index < -0.39 is 0 Å².